The van der Waals surface area contributed by atoms with Gasteiger partial charge >= 0.3 is 0 Å². The van der Waals surface area contributed by atoms with E-state index in [0.29, 0.717) is 12.5 Å². The van der Waals surface area contributed by atoms with Gasteiger partial charge in [0.15, 0.2) is 5.96 Å². The lowest BCUT2D eigenvalue weighted by Gasteiger charge is -2.12. The second-order valence-electron chi connectivity index (χ2n) is 5.12. The molecule has 0 saturated heterocycles. The van der Waals surface area contributed by atoms with Crippen molar-refractivity contribution in [3.63, 3.8) is 0 Å². The zero-order valence-electron chi connectivity index (χ0n) is 13.2. The summed E-state index contributed by atoms with van der Waals surface area (Å²) in [7, 11) is 5.67. The third-order valence-electron chi connectivity index (χ3n) is 3.23. The Morgan fingerprint density at radius 1 is 1.18 bits per heavy atom. The molecule has 0 aromatic heterocycles. The lowest BCUT2D eigenvalue weighted by Crippen LogP contribution is -2.22. The number of benzene rings is 2. The maximum absolute atomic E-state index is 5.91. The highest BCUT2D eigenvalue weighted by Crippen LogP contribution is 2.16. The molecule has 0 spiro atoms. The molecule has 0 saturated carbocycles. The summed E-state index contributed by atoms with van der Waals surface area (Å²) in [5, 5.41) is 3.06. The van der Waals surface area contributed by atoms with Gasteiger partial charge in [-0.25, -0.2) is 4.99 Å². The molecular weight excluding hydrogens is 276 g/mol. The Morgan fingerprint density at radius 3 is 2.55 bits per heavy atom. The van der Waals surface area contributed by atoms with E-state index >= 15 is 0 Å². The second kappa shape index (κ2) is 7.36. The predicted octanol–water partition coefficient (Wildman–Crippen LogP) is 2.69. The van der Waals surface area contributed by atoms with Crippen LogP contribution in [0.15, 0.2) is 53.5 Å². The van der Waals surface area contributed by atoms with E-state index in [1.54, 1.807) is 7.11 Å². The zero-order valence-corrected chi connectivity index (χ0v) is 13.2. The van der Waals surface area contributed by atoms with Gasteiger partial charge in [-0.2, -0.15) is 0 Å². The largest absolute Gasteiger partial charge is 0.497 e. The molecule has 2 rings (SSSR count). The summed E-state index contributed by atoms with van der Waals surface area (Å²) in [4.78, 5) is 6.41. The molecule has 0 atom stereocenters. The highest BCUT2D eigenvalue weighted by Gasteiger charge is 1.99. The third kappa shape index (κ3) is 4.41. The van der Waals surface area contributed by atoms with Crippen molar-refractivity contribution in [2.45, 2.75) is 6.54 Å². The Kier molecular flexibility index (Phi) is 5.25. The van der Waals surface area contributed by atoms with Crippen molar-refractivity contribution in [3.05, 3.63) is 54.1 Å². The van der Waals surface area contributed by atoms with Crippen LogP contribution in [0.5, 0.6) is 5.75 Å². The fraction of sp³-hybridized carbons (Fsp3) is 0.235. The van der Waals surface area contributed by atoms with Crippen molar-refractivity contribution in [2.75, 3.05) is 31.4 Å². The van der Waals surface area contributed by atoms with Gasteiger partial charge in [0.25, 0.3) is 0 Å². The van der Waals surface area contributed by atoms with E-state index in [9.17, 15) is 0 Å². The number of methoxy groups -OCH3 is 1. The minimum Gasteiger partial charge on any atom is -0.497 e. The van der Waals surface area contributed by atoms with Gasteiger partial charge in [0.2, 0.25) is 0 Å². The number of rotatable bonds is 5. The van der Waals surface area contributed by atoms with Crippen molar-refractivity contribution in [1.82, 2.24) is 0 Å². The maximum atomic E-state index is 5.91. The summed E-state index contributed by atoms with van der Waals surface area (Å²) in [5.74, 6) is 1.15. The highest BCUT2D eigenvalue weighted by molar-refractivity contribution is 5.92. The van der Waals surface area contributed by atoms with Crippen molar-refractivity contribution in [2.24, 2.45) is 10.7 Å². The van der Waals surface area contributed by atoms with Gasteiger partial charge in [-0.05, 0) is 29.8 Å². The molecule has 5 heteroatoms. The van der Waals surface area contributed by atoms with Crippen molar-refractivity contribution < 1.29 is 4.74 Å². The van der Waals surface area contributed by atoms with Crippen LogP contribution in [0.4, 0.5) is 11.4 Å². The lowest BCUT2D eigenvalue weighted by atomic mass is 10.2. The number of hydrogen-bond acceptors (Lipinski definition) is 3. The van der Waals surface area contributed by atoms with Gasteiger partial charge in [0.05, 0.1) is 13.7 Å². The average molecular weight is 298 g/mol. The Hall–Kier alpha value is -2.69. The standard InChI is InChI=1S/C17H22N4O/c1-21(2)15-9-7-13(8-10-15)12-19-17(18)20-14-5-4-6-16(11-14)22-3/h4-11H,12H2,1-3H3,(H3,18,19,20). The monoisotopic (exact) mass is 298 g/mol. The normalized spacial score (nSPS) is 11.1. The molecule has 0 amide bonds. The molecule has 2 aromatic carbocycles. The summed E-state index contributed by atoms with van der Waals surface area (Å²) in [6.45, 7) is 0.538. The summed E-state index contributed by atoms with van der Waals surface area (Å²) in [6, 6.07) is 15.8. The number of ether oxygens (including phenoxy) is 1. The number of guanidine groups is 1. The van der Waals surface area contributed by atoms with Gasteiger partial charge in [0.1, 0.15) is 5.75 Å². The van der Waals surface area contributed by atoms with Crippen LogP contribution in [-0.2, 0) is 6.54 Å². The average Bonchev–Trinajstić information content (AvgIpc) is 2.53. The number of nitrogens with two attached hydrogens (primary N) is 1. The van der Waals surface area contributed by atoms with Crippen molar-refractivity contribution in [3.8, 4) is 5.75 Å². The molecule has 2 aromatic rings. The molecule has 5 nitrogen and oxygen atoms in total. The molecule has 116 valence electrons. The van der Waals surface area contributed by atoms with E-state index in [1.165, 1.54) is 0 Å². The number of hydrogen-bond donors (Lipinski definition) is 2. The van der Waals surface area contributed by atoms with E-state index in [1.807, 2.05) is 38.4 Å². The van der Waals surface area contributed by atoms with Crippen LogP contribution in [0.1, 0.15) is 5.56 Å². The molecular formula is C17H22N4O. The molecule has 0 bridgehead atoms. The van der Waals surface area contributed by atoms with E-state index in [0.717, 1.165) is 22.7 Å². The third-order valence-corrected chi connectivity index (χ3v) is 3.23. The number of anilines is 2. The fourth-order valence-electron chi connectivity index (χ4n) is 1.96. The number of aliphatic imine (C=N–C) groups is 1. The lowest BCUT2D eigenvalue weighted by molar-refractivity contribution is 0.415. The summed E-state index contributed by atoms with van der Waals surface area (Å²) >= 11 is 0. The quantitative estimate of drug-likeness (QED) is 0.658. The van der Waals surface area contributed by atoms with Crippen LogP contribution in [0.25, 0.3) is 0 Å². The Bertz CT molecular complexity index is 635. The minimum absolute atomic E-state index is 0.380. The molecule has 3 N–H and O–H groups in total. The molecule has 0 aliphatic heterocycles. The predicted molar refractivity (Wildman–Crippen MR) is 92.7 cm³/mol. The first-order valence-corrected chi connectivity index (χ1v) is 7.06. The van der Waals surface area contributed by atoms with E-state index in [-0.39, 0.29) is 0 Å². The Labute approximate surface area is 131 Å². The Balaban J connectivity index is 1.97. The molecule has 0 unspecified atom stereocenters. The first kappa shape index (κ1) is 15.7. The van der Waals surface area contributed by atoms with E-state index in [2.05, 4.69) is 39.5 Å². The number of nitrogens with zero attached hydrogens (tertiary/aromatic N) is 2. The van der Waals surface area contributed by atoms with Crippen LogP contribution in [0.3, 0.4) is 0 Å². The smallest absolute Gasteiger partial charge is 0.193 e. The first-order chi connectivity index (χ1) is 10.6. The minimum atomic E-state index is 0.380. The van der Waals surface area contributed by atoms with Crippen LogP contribution >= 0.6 is 0 Å². The number of nitrogens with one attached hydrogen (secondary N) is 1. The SMILES string of the molecule is COc1cccc(NC(N)=NCc2ccc(N(C)C)cc2)c1. The molecule has 22 heavy (non-hydrogen) atoms. The molecule has 0 fully saturated rings. The van der Waals surface area contributed by atoms with Crippen LogP contribution < -0.4 is 20.7 Å². The highest BCUT2D eigenvalue weighted by atomic mass is 16.5. The van der Waals surface area contributed by atoms with Crippen LogP contribution in [-0.4, -0.2) is 27.2 Å². The summed E-state index contributed by atoms with van der Waals surface area (Å²) in [5.41, 5.74) is 9.04. The van der Waals surface area contributed by atoms with Gasteiger partial charge in [-0.3, -0.25) is 0 Å². The first-order valence-electron chi connectivity index (χ1n) is 7.06. The van der Waals surface area contributed by atoms with Gasteiger partial charge < -0.3 is 20.7 Å². The summed E-state index contributed by atoms with van der Waals surface area (Å²) < 4.78 is 5.17. The molecule has 0 heterocycles. The van der Waals surface area contributed by atoms with Gasteiger partial charge in [-0.15, -0.1) is 0 Å². The fourth-order valence-corrected chi connectivity index (χ4v) is 1.96. The van der Waals surface area contributed by atoms with E-state index in [4.69, 9.17) is 10.5 Å². The molecule has 0 aliphatic rings. The van der Waals surface area contributed by atoms with Crippen molar-refractivity contribution in [1.29, 1.82) is 0 Å². The van der Waals surface area contributed by atoms with Crippen molar-refractivity contribution >= 4 is 17.3 Å². The zero-order chi connectivity index (χ0) is 15.9. The topological polar surface area (TPSA) is 62.9 Å². The van der Waals surface area contributed by atoms with Gasteiger partial charge in [-0.1, -0.05) is 18.2 Å². The maximum Gasteiger partial charge on any atom is 0.193 e. The van der Waals surface area contributed by atoms with Crippen LogP contribution in [0, 0.1) is 0 Å². The van der Waals surface area contributed by atoms with E-state index < -0.39 is 0 Å². The Morgan fingerprint density at radius 2 is 1.91 bits per heavy atom. The van der Waals surface area contributed by atoms with Gasteiger partial charge in [0, 0.05) is 31.5 Å². The molecule has 0 radical (unpaired) electrons. The molecule has 0 aliphatic carbocycles. The second-order valence-corrected chi connectivity index (χ2v) is 5.12. The van der Waals surface area contributed by atoms with Crippen LogP contribution in [0.2, 0.25) is 0 Å². The summed E-state index contributed by atoms with van der Waals surface area (Å²) in [6.07, 6.45) is 0.